The van der Waals surface area contributed by atoms with Crippen molar-refractivity contribution >= 4 is 17.7 Å². The molecule has 0 spiro atoms. The predicted octanol–water partition coefficient (Wildman–Crippen LogP) is 2.52. The van der Waals surface area contributed by atoms with Crippen molar-refractivity contribution in [3.8, 4) is 0 Å². The van der Waals surface area contributed by atoms with Crippen molar-refractivity contribution in [2.45, 2.75) is 52.2 Å². The molecule has 162 valence electrons. The van der Waals surface area contributed by atoms with Crippen molar-refractivity contribution in [1.29, 1.82) is 0 Å². The molecule has 0 saturated carbocycles. The molecule has 2 aromatic rings. The summed E-state index contributed by atoms with van der Waals surface area (Å²) in [5.74, 6) is -0.308. The Labute approximate surface area is 174 Å². The average Bonchev–Trinajstić information content (AvgIpc) is 3.03. The zero-order valence-electron chi connectivity index (χ0n) is 17.7. The zero-order valence-corrected chi connectivity index (χ0v) is 17.7. The van der Waals surface area contributed by atoms with Gasteiger partial charge in [0.05, 0.1) is 17.7 Å². The van der Waals surface area contributed by atoms with Gasteiger partial charge in [-0.3, -0.25) is 14.9 Å². The minimum atomic E-state index is -0.985. The van der Waals surface area contributed by atoms with Gasteiger partial charge < -0.3 is 15.2 Å². The first-order chi connectivity index (χ1) is 13.9. The standard InChI is InChI=1S/C20H26N4O6/c1-12-6-7-13(8-16(12)24(27)28)9-17-22-11-14(10-15(21)18(25)29-5)23(17)19(26)30-20(2,3)4/h6-8,11,15H,9-10,21H2,1-5H3. The third-order valence-corrected chi connectivity index (χ3v) is 4.25. The van der Waals surface area contributed by atoms with E-state index in [2.05, 4.69) is 9.72 Å². The number of benzene rings is 1. The average molecular weight is 418 g/mol. The molecule has 2 rings (SSSR count). The van der Waals surface area contributed by atoms with E-state index in [1.165, 1.54) is 23.9 Å². The molecule has 0 bridgehead atoms. The first-order valence-electron chi connectivity index (χ1n) is 9.29. The van der Waals surface area contributed by atoms with E-state index in [0.29, 0.717) is 22.6 Å². The highest BCUT2D eigenvalue weighted by atomic mass is 16.6. The van der Waals surface area contributed by atoms with Crippen LogP contribution in [0.4, 0.5) is 10.5 Å². The number of carbonyl (C=O) groups is 2. The molecule has 0 radical (unpaired) electrons. The number of carbonyl (C=O) groups excluding carboxylic acids is 2. The van der Waals surface area contributed by atoms with Crippen molar-refractivity contribution in [3.63, 3.8) is 0 Å². The molecular formula is C20H26N4O6. The SMILES string of the molecule is COC(=O)C(N)Cc1cnc(Cc2ccc(C)c([N+](=O)[O-])c2)n1C(=O)OC(C)(C)C. The molecule has 0 saturated heterocycles. The van der Waals surface area contributed by atoms with E-state index < -0.39 is 28.6 Å². The normalized spacial score (nSPS) is 12.3. The summed E-state index contributed by atoms with van der Waals surface area (Å²) >= 11 is 0. The fourth-order valence-electron chi connectivity index (χ4n) is 2.83. The van der Waals surface area contributed by atoms with Crippen LogP contribution in [0.3, 0.4) is 0 Å². The van der Waals surface area contributed by atoms with Gasteiger partial charge in [-0.05, 0) is 33.3 Å². The highest BCUT2D eigenvalue weighted by molar-refractivity contribution is 5.76. The summed E-state index contributed by atoms with van der Waals surface area (Å²) in [5, 5.41) is 11.2. The second-order valence-corrected chi connectivity index (χ2v) is 7.87. The lowest BCUT2D eigenvalue weighted by molar-refractivity contribution is -0.385. The minimum absolute atomic E-state index is 0.00691. The number of imidazole rings is 1. The van der Waals surface area contributed by atoms with Crippen LogP contribution in [0, 0.1) is 17.0 Å². The Morgan fingerprint density at radius 3 is 2.57 bits per heavy atom. The lowest BCUT2D eigenvalue weighted by Gasteiger charge is -2.21. The predicted molar refractivity (Wildman–Crippen MR) is 108 cm³/mol. The number of nitro benzene ring substituents is 1. The summed E-state index contributed by atoms with van der Waals surface area (Å²) < 4.78 is 11.4. The summed E-state index contributed by atoms with van der Waals surface area (Å²) in [6.45, 7) is 6.83. The van der Waals surface area contributed by atoms with E-state index >= 15 is 0 Å². The third-order valence-electron chi connectivity index (χ3n) is 4.25. The first-order valence-corrected chi connectivity index (χ1v) is 9.29. The number of methoxy groups -OCH3 is 1. The molecule has 1 heterocycles. The highest BCUT2D eigenvalue weighted by Crippen LogP contribution is 2.22. The number of nitrogens with two attached hydrogens (primary N) is 1. The Morgan fingerprint density at radius 1 is 1.33 bits per heavy atom. The van der Waals surface area contributed by atoms with Gasteiger partial charge in [-0.1, -0.05) is 12.1 Å². The van der Waals surface area contributed by atoms with Gasteiger partial charge >= 0.3 is 12.1 Å². The minimum Gasteiger partial charge on any atom is -0.468 e. The maximum Gasteiger partial charge on any atom is 0.420 e. The van der Waals surface area contributed by atoms with Crippen molar-refractivity contribution in [2.75, 3.05) is 7.11 Å². The largest absolute Gasteiger partial charge is 0.468 e. The Kier molecular flexibility index (Phi) is 6.93. The molecule has 0 aliphatic rings. The van der Waals surface area contributed by atoms with Crippen LogP contribution in [-0.4, -0.2) is 45.3 Å². The number of rotatable bonds is 6. The summed E-state index contributed by atoms with van der Waals surface area (Å²) in [5.41, 5.74) is 6.57. The molecule has 1 aromatic heterocycles. The fourth-order valence-corrected chi connectivity index (χ4v) is 2.83. The molecule has 2 N–H and O–H groups in total. The van der Waals surface area contributed by atoms with Crippen molar-refractivity contribution in [1.82, 2.24) is 9.55 Å². The van der Waals surface area contributed by atoms with Gasteiger partial charge in [-0.15, -0.1) is 0 Å². The fraction of sp³-hybridized carbons (Fsp3) is 0.450. The summed E-state index contributed by atoms with van der Waals surface area (Å²) in [6, 6.07) is 3.84. The molecule has 10 heteroatoms. The van der Waals surface area contributed by atoms with E-state index in [9.17, 15) is 19.7 Å². The Morgan fingerprint density at radius 2 is 2.00 bits per heavy atom. The van der Waals surface area contributed by atoms with Crippen LogP contribution in [0.15, 0.2) is 24.4 Å². The number of aromatic nitrogens is 2. The molecule has 1 atom stereocenters. The zero-order chi connectivity index (χ0) is 22.6. The van der Waals surface area contributed by atoms with E-state index in [1.54, 1.807) is 39.8 Å². The van der Waals surface area contributed by atoms with E-state index in [4.69, 9.17) is 10.5 Å². The first kappa shape index (κ1) is 23.0. The molecule has 10 nitrogen and oxygen atoms in total. The van der Waals surface area contributed by atoms with Crippen LogP contribution in [0.5, 0.6) is 0 Å². The van der Waals surface area contributed by atoms with Gasteiger partial charge in [0.15, 0.2) is 0 Å². The lowest BCUT2D eigenvalue weighted by atomic mass is 10.1. The summed E-state index contributed by atoms with van der Waals surface area (Å²) in [6.07, 6.45) is 0.912. The molecule has 30 heavy (non-hydrogen) atoms. The molecule has 0 amide bonds. The molecule has 0 aliphatic heterocycles. The number of nitro groups is 1. The number of aryl methyl sites for hydroxylation is 1. The van der Waals surface area contributed by atoms with Gasteiger partial charge in [0, 0.05) is 30.7 Å². The van der Waals surface area contributed by atoms with Crippen LogP contribution in [0.2, 0.25) is 0 Å². The van der Waals surface area contributed by atoms with E-state index in [-0.39, 0.29) is 18.5 Å². The number of hydrogen-bond acceptors (Lipinski definition) is 8. The topological polar surface area (TPSA) is 140 Å². The Bertz CT molecular complexity index is 961. The maximum absolute atomic E-state index is 12.8. The van der Waals surface area contributed by atoms with Gasteiger partial charge in [0.1, 0.15) is 17.5 Å². The Hall–Kier alpha value is -3.27. The number of ether oxygens (including phenoxy) is 2. The van der Waals surface area contributed by atoms with E-state index in [0.717, 1.165) is 0 Å². The van der Waals surface area contributed by atoms with Gasteiger partial charge in [-0.25, -0.2) is 14.3 Å². The van der Waals surface area contributed by atoms with Gasteiger partial charge in [-0.2, -0.15) is 0 Å². The quantitative estimate of drug-likeness (QED) is 0.429. The summed E-state index contributed by atoms with van der Waals surface area (Å²) in [4.78, 5) is 39.6. The molecule has 1 aromatic carbocycles. The van der Waals surface area contributed by atoms with Crippen LogP contribution < -0.4 is 5.73 Å². The van der Waals surface area contributed by atoms with Crippen LogP contribution >= 0.6 is 0 Å². The lowest BCUT2D eigenvalue weighted by Crippen LogP contribution is -2.36. The van der Waals surface area contributed by atoms with Crippen LogP contribution in [0.1, 0.15) is 43.4 Å². The van der Waals surface area contributed by atoms with Crippen molar-refractivity contribution in [3.05, 3.63) is 57.2 Å². The molecule has 0 aliphatic carbocycles. The van der Waals surface area contributed by atoms with E-state index in [1.807, 2.05) is 0 Å². The second-order valence-electron chi connectivity index (χ2n) is 7.87. The van der Waals surface area contributed by atoms with Crippen LogP contribution in [0.25, 0.3) is 0 Å². The van der Waals surface area contributed by atoms with Crippen molar-refractivity contribution in [2.24, 2.45) is 5.73 Å². The second kappa shape index (κ2) is 9.04. The van der Waals surface area contributed by atoms with Crippen molar-refractivity contribution < 1.29 is 24.0 Å². The van der Waals surface area contributed by atoms with Gasteiger partial charge in [0.2, 0.25) is 0 Å². The maximum atomic E-state index is 12.8. The number of esters is 1. The monoisotopic (exact) mass is 418 g/mol. The van der Waals surface area contributed by atoms with Gasteiger partial charge in [0.25, 0.3) is 5.69 Å². The molecular weight excluding hydrogens is 392 g/mol. The third kappa shape index (κ3) is 5.63. The number of nitrogens with zero attached hydrogens (tertiary/aromatic N) is 3. The highest BCUT2D eigenvalue weighted by Gasteiger charge is 2.26. The van der Waals surface area contributed by atoms with Crippen LogP contribution in [-0.2, 0) is 27.1 Å². The number of hydrogen-bond donors (Lipinski definition) is 1. The summed E-state index contributed by atoms with van der Waals surface area (Å²) in [7, 11) is 1.23. The smallest absolute Gasteiger partial charge is 0.420 e. The molecule has 1 unspecified atom stereocenters. The Balaban J connectivity index is 2.44. The molecule has 0 fully saturated rings.